The lowest BCUT2D eigenvalue weighted by Crippen LogP contribution is -2.14. The van der Waals surface area contributed by atoms with Gasteiger partial charge in [0, 0.05) is 10.7 Å². The van der Waals surface area contributed by atoms with Crippen LogP contribution in [0.4, 0.5) is 5.69 Å². The summed E-state index contributed by atoms with van der Waals surface area (Å²) in [5.74, 6) is -0.447. The average molecular weight is 325 g/mol. The molecular formula is C19H17ClN2O. The van der Waals surface area contributed by atoms with Gasteiger partial charge in [0.25, 0.3) is 5.91 Å². The van der Waals surface area contributed by atoms with Crippen LogP contribution in [0.2, 0.25) is 5.02 Å². The number of rotatable bonds is 4. The molecule has 0 spiro atoms. The number of amides is 1. The van der Waals surface area contributed by atoms with Crippen molar-refractivity contribution in [2.45, 2.75) is 20.3 Å². The van der Waals surface area contributed by atoms with Gasteiger partial charge in [-0.3, -0.25) is 4.79 Å². The molecule has 23 heavy (non-hydrogen) atoms. The van der Waals surface area contributed by atoms with Gasteiger partial charge in [-0.25, -0.2) is 0 Å². The summed E-state index contributed by atoms with van der Waals surface area (Å²) in [5.41, 5.74) is 3.45. The first kappa shape index (κ1) is 16.8. The van der Waals surface area contributed by atoms with Crippen molar-refractivity contribution in [2.75, 3.05) is 5.32 Å². The summed E-state index contributed by atoms with van der Waals surface area (Å²) in [4.78, 5) is 12.3. The van der Waals surface area contributed by atoms with Crippen molar-refractivity contribution in [3.05, 3.63) is 69.8 Å². The van der Waals surface area contributed by atoms with Gasteiger partial charge in [-0.05, 0) is 48.2 Å². The lowest BCUT2D eigenvalue weighted by molar-refractivity contribution is -0.112. The maximum Gasteiger partial charge on any atom is 0.266 e. The van der Waals surface area contributed by atoms with Crippen LogP contribution in [-0.2, 0) is 11.2 Å². The van der Waals surface area contributed by atoms with Gasteiger partial charge in [-0.1, -0.05) is 48.9 Å². The molecule has 2 aromatic carbocycles. The van der Waals surface area contributed by atoms with Crippen LogP contribution in [0.3, 0.4) is 0 Å². The predicted molar refractivity (Wildman–Crippen MR) is 94.2 cm³/mol. The van der Waals surface area contributed by atoms with Crippen LogP contribution in [0.5, 0.6) is 0 Å². The van der Waals surface area contributed by atoms with Gasteiger partial charge in [0.2, 0.25) is 0 Å². The number of nitrogens with one attached hydrogen (secondary N) is 1. The Balaban J connectivity index is 2.22. The molecule has 3 nitrogen and oxygen atoms in total. The Bertz CT molecular complexity index is 786. The van der Waals surface area contributed by atoms with Crippen LogP contribution < -0.4 is 5.32 Å². The molecule has 0 aromatic heterocycles. The third kappa shape index (κ3) is 4.21. The number of aryl methyl sites for hydroxylation is 1. The number of benzene rings is 2. The highest BCUT2D eigenvalue weighted by Crippen LogP contribution is 2.23. The molecule has 0 aliphatic rings. The van der Waals surface area contributed by atoms with E-state index in [2.05, 4.69) is 12.2 Å². The van der Waals surface area contributed by atoms with Crippen molar-refractivity contribution in [1.29, 1.82) is 5.26 Å². The first-order valence-corrected chi connectivity index (χ1v) is 7.70. The van der Waals surface area contributed by atoms with E-state index in [1.165, 1.54) is 5.56 Å². The van der Waals surface area contributed by atoms with Gasteiger partial charge >= 0.3 is 0 Å². The second-order valence-electron chi connectivity index (χ2n) is 5.13. The largest absolute Gasteiger partial charge is 0.321 e. The Morgan fingerprint density at radius 1 is 1.26 bits per heavy atom. The fraction of sp³-hybridized carbons (Fsp3) is 0.158. The number of carbonyl (C=O) groups is 1. The fourth-order valence-electron chi connectivity index (χ4n) is 2.10. The molecule has 1 amide bonds. The number of nitriles is 1. The standard InChI is InChI=1S/C19H17ClN2O/c1-3-14-7-9-15(10-8-14)11-16(12-21)19(23)22-18-6-4-5-17(20)13(18)2/h4-11H,3H2,1-2H3,(H,22,23)/b16-11+. The van der Waals surface area contributed by atoms with E-state index in [4.69, 9.17) is 11.6 Å². The molecule has 0 atom stereocenters. The normalized spacial score (nSPS) is 11.0. The summed E-state index contributed by atoms with van der Waals surface area (Å²) in [6.45, 7) is 3.89. The predicted octanol–water partition coefficient (Wildman–Crippen LogP) is 4.76. The molecule has 1 N–H and O–H groups in total. The average Bonchev–Trinajstić information content (AvgIpc) is 2.57. The number of carbonyl (C=O) groups excluding carboxylic acids is 1. The number of nitrogens with zero attached hydrogens (tertiary/aromatic N) is 1. The highest BCUT2D eigenvalue weighted by molar-refractivity contribution is 6.31. The summed E-state index contributed by atoms with van der Waals surface area (Å²) in [6.07, 6.45) is 2.53. The third-order valence-corrected chi connectivity index (χ3v) is 3.99. The maximum atomic E-state index is 12.3. The Morgan fingerprint density at radius 3 is 2.57 bits per heavy atom. The first-order chi connectivity index (χ1) is 11.0. The van der Waals surface area contributed by atoms with Crippen LogP contribution in [0.25, 0.3) is 6.08 Å². The van der Waals surface area contributed by atoms with E-state index in [1.807, 2.05) is 37.3 Å². The summed E-state index contributed by atoms with van der Waals surface area (Å²) in [6, 6.07) is 15.0. The zero-order valence-corrected chi connectivity index (χ0v) is 13.8. The summed E-state index contributed by atoms with van der Waals surface area (Å²) < 4.78 is 0. The summed E-state index contributed by atoms with van der Waals surface area (Å²) in [5, 5.41) is 12.6. The van der Waals surface area contributed by atoms with E-state index < -0.39 is 5.91 Å². The van der Waals surface area contributed by atoms with Crippen molar-refractivity contribution < 1.29 is 4.79 Å². The number of hydrogen-bond acceptors (Lipinski definition) is 2. The SMILES string of the molecule is CCc1ccc(/C=C(\C#N)C(=O)Nc2cccc(Cl)c2C)cc1. The zero-order chi connectivity index (χ0) is 16.8. The van der Waals surface area contributed by atoms with E-state index in [0.717, 1.165) is 17.5 Å². The number of hydrogen-bond donors (Lipinski definition) is 1. The molecule has 0 aliphatic heterocycles. The Kier molecular flexibility index (Phi) is 5.56. The van der Waals surface area contributed by atoms with Crippen LogP contribution >= 0.6 is 11.6 Å². The van der Waals surface area contributed by atoms with Gasteiger partial charge in [0.15, 0.2) is 0 Å². The summed E-state index contributed by atoms with van der Waals surface area (Å²) >= 11 is 6.04. The van der Waals surface area contributed by atoms with Crippen LogP contribution in [0, 0.1) is 18.3 Å². The molecule has 0 fully saturated rings. The highest BCUT2D eigenvalue weighted by atomic mass is 35.5. The van der Waals surface area contributed by atoms with Crippen molar-refractivity contribution >= 4 is 29.3 Å². The second-order valence-corrected chi connectivity index (χ2v) is 5.54. The first-order valence-electron chi connectivity index (χ1n) is 7.32. The monoisotopic (exact) mass is 324 g/mol. The lowest BCUT2D eigenvalue weighted by Gasteiger charge is -2.09. The minimum atomic E-state index is -0.447. The molecule has 0 radical (unpaired) electrons. The maximum absolute atomic E-state index is 12.3. The highest BCUT2D eigenvalue weighted by Gasteiger charge is 2.11. The van der Waals surface area contributed by atoms with Gasteiger partial charge in [0.1, 0.15) is 11.6 Å². The van der Waals surface area contributed by atoms with Crippen LogP contribution in [-0.4, -0.2) is 5.91 Å². The molecule has 0 aliphatic carbocycles. The minimum absolute atomic E-state index is 0.0497. The van der Waals surface area contributed by atoms with Gasteiger partial charge < -0.3 is 5.32 Å². The van der Waals surface area contributed by atoms with Crippen molar-refractivity contribution in [2.24, 2.45) is 0 Å². The van der Waals surface area contributed by atoms with Crippen molar-refractivity contribution in [3.8, 4) is 6.07 Å². The van der Waals surface area contributed by atoms with Gasteiger partial charge in [0.05, 0.1) is 0 Å². The summed E-state index contributed by atoms with van der Waals surface area (Å²) in [7, 11) is 0. The molecule has 2 aromatic rings. The second kappa shape index (κ2) is 7.62. The van der Waals surface area contributed by atoms with E-state index >= 15 is 0 Å². The molecule has 4 heteroatoms. The number of anilines is 1. The molecule has 0 saturated carbocycles. The van der Waals surface area contributed by atoms with E-state index in [9.17, 15) is 10.1 Å². The fourth-order valence-corrected chi connectivity index (χ4v) is 2.27. The molecule has 0 unspecified atom stereocenters. The third-order valence-electron chi connectivity index (χ3n) is 3.58. The van der Waals surface area contributed by atoms with Gasteiger partial charge in [-0.2, -0.15) is 5.26 Å². The molecular weight excluding hydrogens is 308 g/mol. The van der Waals surface area contributed by atoms with Crippen molar-refractivity contribution in [3.63, 3.8) is 0 Å². The van der Waals surface area contributed by atoms with Gasteiger partial charge in [-0.15, -0.1) is 0 Å². The number of halogens is 1. The zero-order valence-electron chi connectivity index (χ0n) is 13.1. The smallest absolute Gasteiger partial charge is 0.266 e. The quantitative estimate of drug-likeness (QED) is 0.651. The molecule has 116 valence electrons. The van der Waals surface area contributed by atoms with E-state index in [-0.39, 0.29) is 5.57 Å². The van der Waals surface area contributed by atoms with E-state index in [0.29, 0.717) is 10.7 Å². The molecule has 0 saturated heterocycles. The topological polar surface area (TPSA) is 52.9 Å². The Hall–Kier alpha value is -2.57. The molecule has 2 rings (SSSR count). The minimum Gasteiger partial charge on any atom is -0.321 e. The molecule has 0 heterocycles. The molecule has 0 bridgehead atoms. The lowest BCUT2D eigenvalue weighted by atomic mass is 10.1. The Labute approximate surface area is 141 Å². The van der Waals surface area contributed by atoms with Crippen LogP contribution in [0.15, 0.2) is 48.0 Å². The Morgan fingerprint density at radius 2 is 1.96 bits per heavy atom. The van der Waals surface area contributed by atoms with E-state index in [1.54, 1.807) is 24.3 Å². The van der Waals surface area contributed by atoms with Crippen molar-refractivity contribution in [1.82, 2.24) is 0 Å². The van der Waals surface area contributed by atoms with Crippen LogP contribution in [0.1, 0.15) is 23.6 Å².